The third-order valence-corrected chi connectivity index (χ3v) is 4.64. The molecule has 23 heavy (non-hydrogen) atoms. The average Bonchev–Trinajstić information content (AvgIpc) is 3.02. The molecular formula is C18H21NO4. The minimum atomic E-state index is -0.806. The molecule has 5 heteroatoms. The highest BCUT2D eigenvalue weighted by Crippen LogP contribution is 2.24. The number of ketones is 1. The number of rotatable bonds is 4. The van der Waals surface area contributed by atoms with Gasteiger partial charge in [0.25, 0.3) is 0 Å². The Morgan fingerprint density at radius 1 is 1.22 bits per heavy atom. The first-order valence-corrected chi connectivity index (χ1v) is 8.18. The Kier molecular flexibility index (Phi) is 4.46. The van der Waals surface area contributed by atoms with E-state index in [1.807, 2.05) is 18.2 Å². The summed E-state index contributed by atoms with van der Waals surface area (Å²) in [6.45, 7) is 1.90. The highest BCUT2D eigenvalue weighted by molar-refractivity contribution is 6.00. The lowest BCUT2D eigenvalue weighted by Gasteiger charge is -2.22. The summed E-state index contributed by atoms with van der Waals surface area (Å²) < 4.78 is 5.32. The van der Waals surface area contributed by atoms with Gasteiger partial charge < -0.3 is 10.1 Å². The molecule has 3 rings (SSSR count). The van der Waals surface area contributed by atoms with Crippen LogP contribution in [0, 0.1) is 5.92 Å². The molecule has 0 aromatic heterocycles. The van der Waals surface area contributed by atoms with Crippen LogP contribution in [-0.4, -0.2) is 30.3 Å². The Morgan fingerprint density at radius 2 is 2.00 bits per heavy atom. The predicted octanol–water partition coefficient (Wildman–Crippen LogP) is 1.82. The molecule has 1 fully saturated rings. The zero-order chi connectivity index (χ0) is 16.4. The first kappa shape index (κ1) is 15.7. The zero-order valence-corrected chi connectivity index (χ0v) is 13.3. The van der Waals surface area contributed by atoms with Crippen molar-refractivity contribution < 1.29 is 19.1 Å². The molecule has 1 N–H and O–H groups in total. The summed E-state index contributed by atoms with van der Waals surface area (Å²) in [5.74, 6) is -0.987. The molecule has 0 unspecified atom stereocenters. The first-order valence-electron chi connectivity index (χ1n) is 8.18. The van der Waals surface area contributed by atoms with Gasteiger partial charge in [-0.1, -0.05) is 12.1 Å². The lowest BCUT2D eigenvalue weighted by molar-refractivity contribution is -0.152. The fourth-order valence-corrected chi connectivity index (χ4v) is 3.22. The lowest BCUT2D eigenvalue weighted by atomic mass is 9.99. The largest absolute Gasteiger partial charge is 0.454 e. The number of carbonyl (C=O) groups excluding carboxylic acids is 3. The van der Waals surface area contributed by atoms with E-state index in [1.165, 1.54) is 11.1 Å². The van der Waals surface area contributed by atoms with Crippen molar-refractivity contribution in [2.45, 2.75) is 45.1 Å². The molecule has 0 saturated carbocycles. The Labute approximate surface area is 135 Å². The number of fused-ring (bicyclic) bond motifs is 1. The van der Waals surface area contributed by atoms with Gasteiger partial charge in [0.2, 0.25) is 11.7 Å². The minimum Gasteiger partial charge on any atom is -0.454 e. The van der Waals surface area contributed by atoms with Crippen LogP contribution in [0.1, 0.15) is 47.7 Å². The molecular weight excluding hydrogens is 294 g/mol. The van der Waals surface area contributed by atoms with Crippen molar-refractivity contribution in [2.75, 3.05) is 6.54 Å². The lowest BCUT2D eigenvalue weighted by Crippen LogP contribution is -2.40. The molecule has 1 aliphatic heterocycles. The van der Waals surface area contributed by atoms with Crippen LogP contribution in [0.5, 0.6) is 0 Å². The SMILES string of the molecule is C[C@@H](OC(=O)[C@@H]1CCC(=O)NC1)C(=O)c1ccc2c(c1)CCC2. The van der Waals surface area contributed by atoms with Crippen molar-refractivity contribution in [2.24, 2.45) is 5.92 Å². The summed E-state index contributed by atoms with van der Waals surface area (Å²) >= 11 is 0. The molecule has 1 aromatic carbocycles. The van der Waals surface area contributed by atoms with Crippen LogP contribution >= 0.6 is 0 Å². The molecule has 1 aliphatic carbocycles. The van der Waals surface area contributed by atoms with Crippen LogP contribution in [-0.2, 0) is 27.2 Å². The smallest absolute Gasteiger partial charge is 0.311 e. The molecule has 0 bridgehead atoms. The Balaban J connectivity index is 1.61. The van der Waals surface area contributed by atoms with Gasteiger partial charge in [0.1, 0.15) is 0 Å². The minimum absolute atomic E-state index is 0.0451. The third-order valence-electron chi connectivity index (χ3n) is 4.64. The molecule has 0 radical (unpaired) electrons. The van der Waals surface area contributed by atoms with Crippen LogP contribution in [0.15, 0.2) is 18.2 Å². The number of aryl methyl sites for hydroxylation is 2. The van der Waals surface area contributed by atoms with Crippen LogP contribution < -0.4 is 5.32 Å². The molecule has 5 nitrogen and oxygen atoms in total. The number of ether oxygens (including phenoxy) is 1. The number of carbonyl (C=O) groups is 3. The third kappa shape index (κ3) is 3.44. The van der Waals surface area contributed by atoms with Crippen molar-refractivity contribution in [3.63, 3.8) is 0 Å². The maximum atomic E-state index is 12.5. The highest BCUT2D eigenvalue weighted by Gasteiger charge is 2.29. The number of Topliss-reactive ketones (excluding diaryl/α,β-unsaturated/α-hetero) is 1. The van der Waals surface area contributed by atoms with Crippen molar-refractivity contribution in [1.82, 2.24) is 5.32 Å². The van der Waals surface area contributed by atoms with E-state index in [2.05, 4.69) is 5.32 Å². The summed E-state index contributed by atoms with van der Waals surface area (Å²) in [5, 5.41) is 2.65. The van der Waals surface area contributed by atoms with Gasteiger partial charge in [0, 0.05) is 18.5 Å². The second-order valence-corrected chi connectivity index (χ2v) is 6.32. The van der Waals surface area contributed by atoms with E-state index in [1.54, 1.807) is 6.92 Å². The molecule has 0 spiro atoms. The normalized spacial score (nSPS) is 21.3. The van der Waals surface area contributed by atoms with E-state index in [9.17, 15) is 14.4 Å². The maximum Gasteiger partial charge on any atom is 0.311 e. The van der Waals surface area contributed by atoms with Crippen LogP contribution in [0.3, 0.4) is 0 Å². The predicted molar refractivity (Wildman–Crippen MR) is 84.1 cm³/mol. The molecule has 1 heterocycles. The van der Waals surface area contributed by atoms with Crippen molar-refractivity contribution in [1.29, 1.82) is 0 Å². The summed E-state index contributed by atoms with van der Waals surface area (Å²) in [6, 6.07) is 5.74. The fourth-order valence-electron chi connectivity index (χ4n) is 3.22. The second kappa shape index (κ2) is 6.52. The van der Waals surface area contributed by atoms with Crippen LogP contribution in [0.4, 0.5) is 0 Å². The van der Waals surface area contributed by atoms with Gasteiger partial charge >= 0.3 is 5.97 Å². The van der Waals surface area contributed by atoms with Crippen molar-refractivity contribution in [3.8, 4) is 0 Å². The van der Waals surface area contributed by atoms with E-state index in [0.717, 1.165) is 19.3 Å². The number of nitrogens with one attached hydrogen (secondary N) is 1. The highest BCUT2D eigenvalue weighted by atomic mass is 16.5. The summed E-state index contributed by atoms with van der Waals surface area (Å²) in [4.78, 5) is 35.7. The van der Waals surface area contributed by atoms with Gasteiger partial charge in [-0.25, -0.2) is 0 Å². The maximum absolute atomic E-state index is 12.5. The number of hydrogen-bond acceptors (Lipinski definition) is 4. The Hall–Kier alpha value is -2.17. The molecule has 2 aliphatic rings. The summed E-state index contributed by atoms with van der Waals surface area (Å²) in [7, 11) is 0. The molecule has 1 amide bonds. The number of amides is 1. The molecule has 122 valence electrons. The van der Waals surface area contributed by atoms with Gasteiger partial charge in [0.05, 0.1) is 5.92 Å². The van der Waals surface area contributed by atoms with Crippen molar-refractivity contribution >= 4 is 17.7 Å². The van der Waals surface area contributed by atoms with Gasteiger partial charge in [-0.3, -0.25) is 14.4 Å². The number of benzene rings is 1. The second-order valence-electron chi connectivity index (χ2n) is 6.32. The molecule has 1 saturated heterocycles. The Bertz CT molecular complexity index is 642. The van der Waals surface area contributed by atoms with Gasteiger partial charge in [0.15, 0.2) is 6.10 Å². The monoisotopic (exact) mass is 315 g/mol. The fraction of sp³-hybridized carbons (Fsp3) is 0.500. The Morgan fingerprint density at radius 3 is 2.74 bits per heavy atom. The zero-order valence-electron chi connectivity index (χ0n) is 13.3. The van der Waals surface area contributed by atoms with E-state index in [4.69, 9.17) is 4.74 Å². The number of piperidine rings is 1. The van der Waals surface area contributed by atoms with E-state index in [-0.39, 0.29) is 24.2 Å². The standard InChI is InChI=1S/C18H21NO4/c1-11(23-18(22)15-7-8-16(20)19-10-15)17(21)14-6-5-12-3-2-4-13(12)9-14/h5-6,9,11,15H,2-4,7-8,10H2,1H3,(H,19,20)/t11-,15-/m1/s1. The quantitative estimate of drug-likeness (QED) is 0.679. The van der Waals surface area contributed by atoms with Gasteiger partial charge in [-0.2, -0.15) is 0 Å². The van der Waals surface area contributed by atoms with Crippen LogP contribution in [0.2, 0.25) is 0 Å². The number of esters is 1. The van der Waals surface area contributed by atoms with Gasteiger partial charge in [-0.05, 0) is 49.8 Å². The van der Waals surface area contributed by atoms with Crippen molar-refractivity contribution in [3.05, 3.63) is 34.9 Å². The molecule has 2 atom stereocenters. The molecule has 1 aromatic rings. The van der Waals surface area contributed by atoms with E-state index < -0.39 is 12.1 Å². The topological polar surface area (TPSA) is 72.5 Å². The number of hydrogen-bond donors (Lipinski definition) is 1. The summed E-state index contributed by atoms with van der Waals surface area (Å²) in [6.07, 6.45) is 3.20. The van der Waals surface area contributed by atoms with E-state index in [0.29, 0.717) is 18.4 Å². The van der Waals surface area contributed by atoms with E-state index >= 15 is 0 Å². The average molecular weight is 315 g/mol. The van der Waals surface area contributed by atoms with Gasteiger partial charge in [-0.15, -0.1) is 0 Å². The summed E-state index contributed by atoms with van der Waals surface area (Å²) in [5.41, 5.74) is 3.14. The first-order chi connectivity index (χ1) is 11.0. The van der Waals surface area contributed by atoms with Crippen LogP contribution in [0.25, 0.3) is 0 Å².